The van der Waals surface area contributed by atoms with Crippen LogP contribution in [0.15, 0.2) is 84.9 Å². The summed E-state index contributed by atoms with van der Waals surface area (Å²) in [6.45, 7) is 3.19. The number of amides is 4. The molecule has 0 saturated carbocycles. The fourth-order valence-electron chi connectivity index (χ4n) is 3.74. The molecule has 3 N–H and O–H groups in total. The molecule has 162 valence electrons. The monoisotopic (exact) mass is 426 g/mol. The molecule has 4 aromatic rings. The van der Waals surface area contributed by atoms with Gasteiger partial charge in [0.15, 0.2) is 0 Å². The molecule has 0 atom stereocenters. The van der Waals surface area contributed by atoms with Crippen LogP contribution in [0.3, 0.4) is 0 Å². The Morgan fingerprint density at radius 2 is 1.25 bits per heavy atom. The Morgan fingerprint density at radius 1 is 0.719 bits per heavy atom. The molecule has 0 aliphatic carbocycles. The molecule has 0 aliphatic heterocycles. The smallest absolute Gasteiger partial charge is 0.321 e. The maximum atomic E-state index is 12.8. The summed E-state index contributed by atoms with van der Waals surface area (Å²) in [5.74, 6) is 0. The minimum Gasteiger partial charge on any atom is -0.336 e. The molecule has 0 heterocycles. The van der Waals surface area contributed by atoms with Crippen molar-refractivity contribution in [2.75, 3.05) is 30.3 Å². The van der Waals surface area contributed by atoms with Gasteiger partial charge in [0.25, 0.3) is 0 Å². The minimum atomic E-state index is -0.299. The second-order valence-corrected chi connectivity index (χ2v) is 7.44. The number of hydrogen-bond acceptors (Lipinski definition) is 2. The van der Waals surface area contributed by atoms with E-state index in [-0.39, 0.29) is 12.1 Å². The molecule has 32 heavy (non-hydrogen) atoms. The van der Waals surface area contributed by atoms with Crippen LogP contribution in [-0.2, 0) is 0 Å². The highest BCUT2D eigenvalue weighted by Crippen LogP contribution is 2.24. The first-order valence-corrected chi connectivity index (χ1v) is 10.7. The van der Waals surface area contributed by atoms with Gasteiger partial charge in [-0.3, -0.25) is 0 Å². The van der Waals surface area contributed by atoms with Crippen molar-refractivity contribution in [1.29, 1.82) is 0 Å². The van der Waals surface area contributed by atoms with E-state index in [1.165, 1.54) is 0 Å². The number of carbonyl (C=O) groups excluding carboxylic acids is 2. The van der Waals surface area contributed by atoms with Crippen molar-refractivity contribution in [3.63, 3.8) is 0 Å². The molecule has 0 radical (unpaired) electrons. The lowest BCUT2D eigenvalue weighted by Gasteiger charge is -2.22. The number of urea groups is 2. The van der Waals surface area contributed by atoms with Crippen molar-refractivity contribution in [3.05, 3.63) is 84.9 Å². The summed E-state index contributed by atoms with van der Waals surface area (Å²) in [5.41, 5.74) is 1.52. The van der Waals surface area contributed by atoms with E-state index < -0.39 is 0 Å². The van der Waals surface area contributed by atoms with Gasteiger partial charge in [0, 0.05) is 30.4 Å². The highest BCUT2D eigenvalue weighted by Gasteiger charge is 2.13. The van der Waals surface area contributed by atoms with Gasteiger partial charge in [0.05, 0.1) is 11.4 Å². The molecule has 0 aliphatic rings. The summed E-state index contributed by atoms with van der Waals surface area (Å²) in [4.78, 5) is 26.8. The van der Waals surface area contributed by atoms with E-state index >= 15 is 0 Å². The second-order valence-electron chi connectivity index (χ2n) is 7.44. The number of likely N-dealkylation sites (N-methyl/N-ethyl adjacent to an activating group) is 1. The van der Waals surface area contributed by atoms with Gasteiger partial charge in [-0.05, 0) is 29.8 Å². The van der Waals surface area contributed by atoms with Crippen LogP contribution in [0.25, 0.3) is 21.5 Å². The van der Waals surface area contributed by atoms with Gasteiger partial charge in [-0.25, -0.2) is 9.59 Å². The lowest BCUT2D eigenvalue weighted by molar-refractivity contribution is 0.213. The van der Waals surface area contributed by atoms with Crippen molar-refractivity contribution in [1.82, 2.24) is 10.2 Å². The molecule has 0 aromatic heterocycles. The van der Waals surface area contributed by atoms with Crippen LogP contribution in [0.2, 0.25) is 0 Å². The average molecular weight is 427 g/mol. The number of fused-ring (bicyclic) bond motifs is 2. The highest BCUT2D eigenvalue weighted by atomic mass is 16.2. The van der Waals surface area contributed by atoms with Crippen molar-refractivity contribution < 1.29 is 9.59 Å². The molecule has 0 bridgehead atoms. The van der Waals surface area contributed by atoms with Crippen LogP contribution in [0, 0.1) is 0 Å². The zero-order valence-electron chi connectivity index (χ0n) is 18.0. The third-order valence-electron chi connectivity index (χ3n) is 5.41. The lowest BCUT2D eigenvalue weighted by Crippen LogP contribution is -2.41. The quantitative estimate of drug-likeness (QED) is 0.372. The normalized spacial score (nSPS) is 10.7. The van der Waals surface area contributed by atoms with Gasteiger partial charge >= 0.3 is 12.1 Å². The highest BCUT2D eigenvalue weighted by molar-refractivity contribution is 6.02. The number of rotatable bonds is 6. The summed E-state index contributed by atoms with van der Waals surface area (Å²) in [6, 6.07) is 26.9. The molecule has 4 amide bonds. The maximum Gasteiger partial charge on any atom is 0.321 e. The summed E-state index contributed by atoms with van der Waals surface area (Å²) in [5, 5.41) is 12.8. The van der Waals surface area contributed by atoms with Gasteiger partial charge in [0.2, 0.25) is 0 Å². The summed E-state index contributed by atoms with van der Waals surface area (Å²) in [6.07, 6.45) is 0. The van der Waals surface area contributed by atoms with Gasteiger partial charge in [-0.15, -0.1) is 0 Å². The predicted molar refractivity (Wildman–Crippen MR) is 131 cm³/mol. The molecule has 0 spiro atoms. The molecule has 4 rings (SSSR count). The number of nitrogens with one attached hydrogen (secondary N) is 3. The number of hydrogen-bond donors (Lipinski definition) is 3. The average Bonchev–Trinajstić information content (AvgIpc) is 2.82. The Hall–Kier alpha value is -4.06. The van der Waals surface area contributed by atoms with Gasteiger partial charge < -0.3 is 20.9 Å². The number of benzene rings is 4. The third-order valence-corrected chi connectivity index (χ3v) is 5.41. The Balaban J connectivity index is 1.33. The van der Waals surface area contributed by atoms with Gasteiger partial charge in [-0.2, -0.15) is 0 Å². The third kappa shape index (κ3) is 4.81. The number of nitrogens with zero attached hydrogens (tertiary/aromatic N) is 1. The van der Waals surface area contributed by atoms with Crippen molar-refractivity contribution in [2.24, 2.45) is 0 Å². The van der Waals surface area contributed by atoms with Crippen molar-refractivity contribution >= 4 is 45.0 Å². The van der Waals surface area contributed by atoms with E-state index in [9.17, 15) is 9.59 Å². The van der Waals surface area contributed by atoms with E-state index in [4.69, 9.17) is 0 Å². The van der Waals surface area contributed by atoms with E-state index in [1.54, 1.807) is 4.90 Å². The SMILES string of the molecule is CCN(CCNC(=O)Nc1cccc2ccccc12)C(=O)Nc1cccc2ccccc12. The predicted octanol–water partition coefficient (Wildman–Crippen LogP) is 5.67. The Bertz CT molecular complexity index is 1240. The van der Waals surface area contributed by atoms with Crippen molar-refractivity contribution in [3.8, 4) is 0 Å². The molecule has 6 heteroatoms. The molecular weight excluding hydrogens is 400 g/mol. The van der Waals surface area contributed by atoms with Crippen LogP contribution in [0.4, 0.5) is 21.0 Å². The minimum absolute atomic E-state index is 0.194. The van der Waals surface area contributed by atoms with Crippen molar-refractivity contribution in [2.45, 2.75) is 6.92 Å². The first kappa shape index (κ1) is 21.2. The van der Waals surface area contributed by atoms with E-state index in [0.29, 0.717) is 19.6 Å². The fraction of sp³-hybridized carbons (Fsp3) is 0.154. The van der Waals surface area contributed by atoms with Crippen LogP contribution < -0.4 is 16.0 Å². The molecule has 6 nitrogen and oxygen atoms in total. The fourth-order valence-corrected chi connectivity index (χ4v) is 3.74. The topological polar surface area (TPSA) is 73.5 Å². The Morgan fingerprint density at radius 3 is 1.84 bits per heavy atom. The van der Waals surface area contributed by atoms with E-state index in [1.807, 2.05) is 91.9 Å². The number of carbonyl (C=O) groups is 2. The molecule has 0 fully saturated rings. The van der Waals surface area contributed by atoms with Gasteiger partial charge in [-0.1, -0.05) is 72.8 Å². The van der Waals surface area contributed by atoms with Crippen LogP contribution in [0.1, 0.15) is 6.92 Å². The van der Waals surface area contributed by atoms with Gasteiger partial charge in [0.1, 0.15) is 0 Å². The van der Waals surface area contributed by atoms with E-state index in [2.05, 4.69) is 16.0 Å². The maximum absolute atomic E-state index is 12.8. The Labute approximate surface area is 187 Å². The molecule has 0 saturated heterocycles. The first-order chi connectivity index (χ1) is 15.7. The zero-order valence-corrected chi connectivity index (χ0v) is 18.0. The largest absolute Gasteiger partial charge is 0.336 e. The number of anilines is 2. The summed E-state index contributed by atoms with van der Waals surface area (Å²) < 4.78 is 0. The second kappa shape index (κ2) is 9.83. The van der Waals surface area contributed by atoms with Crippen LogP contribution in [0.5, 0.6) is 0 Å². The van der Waals surface area contributed by atoms with Crippen LogP contribution in [-0.4, -0.2) is 36.6 Å². The molecule has 0 unspecified atom stereocenters. The van der Waals surface area contributed by atoms with E-state index in [0.717, 1.165) is 32.9 Å². The van der Waals surface area contributed by atoms with Crippen LogP contribution >= 0.6 is 0 Å². The summed E-state index contributed by atoms with van der Waals surface area (Å²) >= 11 is 0. The summed E-state index contributed by atoms with van der Waals surface area (Å²) in [7, 11) is 0. The molecule has 4 aromatic carbocycles. The first-order valence-electron chi connectivity index (χ1n) is 10.7. The molecular formula is C26H26N4O2. The Kier molecular flexibility index (Phi) is 6.51. The lowest BCUT2D eigenvalue weighted by atomic mass is 10.1. The standard InChI is InChI=1S/C26H26N4O2/c1-2-30(26(32)29-24-16-8-12-20-10-4-6-14-22(20)24)18-17-27-25(31)28-23-15-7-11-19-9-3-5-13-21(19)23/h3-16H,2,17-18H2,1H3,(H,29,32)(H2,27,28,31). The zero-order chi connectivity index (χ0) is 22.3.